The third-order valence-electron chi connectivity index (χ3n) is 6.92. The average molecular weight is 611 g/mol. The van der Waals surface area contributed by atoms with Crippen LogP contribution in [0.1, 0.15) is 48.0 Å². The number of halogens is 3. The summed E-state index contributed by atoms with van der Waals surface area (Å²) in [6, 6.07) is 26.3. The number of nitrogens with one attached hydrogen (secondary N) is 2. The summed E-state index contributed by atoms with van der Waals surface area (Å²) < 4.78 is 41.0. The maximum atomic E-state index is 13.1. The lowest BCUT2D eigenvalue weighted by Gasteiger charge is -2.13. The number of anilines is 1. The number of hydrogen-bond donors (Lipinski definition) is 2. The molecule has 0 amide bonds. The lowest BCUT2D eigenvalue weighted by Crippen LogP contribution is -2.12. The first-order valence-electron chi connectivity index (χ1n) is 14.6. The van der Waals surface area contributed by atoms with Crippen molar-refractivity contribution >= 4 is 17.2 Å². The van der Waals surface area contributed by atoms with E-state index in [1.165, 1.54) is 24.1 Å². The molecule has 5 rings (SSSR count). The predicted molar refractivity (Wildman–Crippen MR) is 175 cm³/mol. The van der Waals surface area contributed by atoms with E-state index >= 15 is 0 Å². The number of imidazole rings is 1. The number of aromatic nitrogens is 4. The fourth-order valence-corrected chi connectivity index (χ4v) is 4.50. The van der Waals surface area contributed by atoms with Gasteiger partial charge >= 0.3 is 6.18 Å². The minimum absolute atomic E-state index is 0.211. The number of fused-ring (bicyclic) bond motifs is 1. The van der Waals surface area contributed by atoms with Crippen LogP contribution in [-0.2, 0) is 13.1 Å². The third kappa shape index (κ3) is 9.74. The number of rotatable bonds is 10. The molecule has 0 aliphatic carbocycles. The molecular formula is C36H37F3N6. The van der Waals surface area contributed by atoms with Gasteiger partial charge in [0.15, 0.2) is 0 Å². The smallest absolute Gasteiger partial charge is 0.348 e. The summed E-state index contributed by atoms with van der Waals surface area (Å²) >= 11 is 0. The Kier molecular flexibility index (Phi) is 11.4. The van der Waals surface area contributed by atoms with Gasteiger partial charge in [0, 0.05) is 42.9 Å². The van der Waals surface area contributed by atoms with E-state index in [1.807, 2.05) is 72.1 Å². The molecule has 0 saturated heterocycles. The van der Waals surface area contributed by atoms with E-state index in [4.69, 9.17) is 0 Å². The maximum Gasteiger partial charge on any atom is 0.416 e. The first kappa shape index (κ1) is 32.9. The molecule has 232 valence electrons. The van der Waals surface area contributed by atoms with E-state index in [9.17, 15) is 13.2 Å². The van der Waals surface area contributed by atoms with Gasteiger partial charge < -0.3 is 15.0 Å². The molecule has 0 aliphatic rings. The van der Waals surface area contributed by atoms with Crippen LogP contribution < -0.4 is 10.6 Å². The zero-order valence-corrected chi connectivity index (χ0v) is 25.6. The first-order valence-corrected chi connectivity index (χ1v) is 14.6. The summed E-state index contributed by atoms with van der Waals surface area (Å²) in [7, 11) is 0. The van der Waals surface area contributed by atoms with Crippen LogP contribution in [0.25, 0.3) is 11.2 Å². The zero-order valence-electron chi connectivity index (χ0n) is 25.6. The molecule has 0 fully saturated rings. The fourth-order valence-electron chi connectivity index (χ4n) is 4.50. The van der Waals surface area contributed by atoms with Crippen molar-refractivity contribution in [1.82, 2.24) is 24.7 Å². The van der Waals surface area contributed by atoms with Crippen LogP contribution in [0.3, 0.4) is 0 Å². The number of benzene rings is 2. The number of nitrogens with zero attached hydrogens (tertiary/aromatic N) is 4. The molecule has 0 spiro atoms. The molecule has 1 unspecified atom stereocenters. The highest BCUT2D eigenvalue weighted by atomic mass is 19.4. The second-order valence-electron chi connectivity index (χ2n) is 10.4. The van der Waals surface area contributed by atoms with E-state index in [2.05, 4.69) is 63.4 Å². The van der Waals surface area contributed by atoms with E-state index in [0.717, 1.165) is 30.0 Å². The van der Waals surface area contributed by atoms with E-state index in [1.54, 1.807) is 12.4 Å². The Morgan fingerprint density at radius 3 is 2.24 bits per heavy atom. The minimum Gasteiger partial charge on any atom is -0.348 e. The van der Waals surface area contributed by atoms with E-state index < -0.39 is 11.7 Å². The maximum absolute atomic E-state index is 13.1. The van der Waals surface area contributed by atoms with Gasteiger partial charge in [0.25, 0.3) is 0 Å². The van der Waals surface area contributed by atoms with Crippen LogP contribution in [-0.4, -0.2) is 25.5 Å². The number of allylic oxidation sites excluding steroid dienone is 5. The summed E-state index contributed by atoms with van der Waals surface area (Å²) in [6.45, 7) is 10.5. The second-order valence-corrected chi connectivity index (χ2v) is 10.4. The molecule has 1 atom stereocenters. The van der Waals surface area contributed by atoms with Crippen molar-refractivity contribution in [2.45, 2.75) is 46.1 Å². The standard InChI is InChI=1S/C23H22F3N3.C13H15N3/c1-3-19(12-20(4-2)23(24,25)26)21-16-29-15-18(10-11-22(29)28-21)14-27-13-17-8-6-5-7-9-17;1-10-8-9-14-13(15-10)16-11(2)12-6-4-3-5-7-12/h3-12,15-16,27H,1,13-14H2,2H3;3-9,11H,1-2H3,(H,14,15,16)/b19-12+,20-4+;. The minimum atomic E-state index is -4.42. The second kappa shape index (κ2) is 15.6. The SMILES string of the molecule is C=C/C(=C\C(=C/C)C(F)(F)F)c1cn2cc(CNCc3ccccc3)ccc2n1.Cc1ccnc(NC(C)c2ccccc2)n1. The number of pyridine rings is 1. The first-order chi connectivity index (χ1) is 21.7. The topological polar surface area (TPSA) is 67.1 Å². The highest BCUT2D eigenvalue weighted by Gasteiger charge is 2.31. The molecule has 2 N–H and O–H groups in total. The Morgan fingerprint density at radius 2 is 1.60 bits per heavy atom. The van der Waals surface area contributed by atoms with Crippen molar-refractivity contribution in [2.24, 2.45) is 0 Å². The summed E-state index contributed by atoms with van der Waals surface area (Å²) in [4.78, 5) is 12.9. The lowest BCUT2D eigenvalue weighted by molar-refractivity contribution is -0.0882. The average Bonchev–Trinajstić information content (AvgIpc) is 3.45. The zero-order chi connectivity index (χ0) is 32.2. The van der Waals surface area contributed by atoms with Gasteiger partial charge in [-0.15, -0.1) is 0 Å². The molecule has 6 nitrogen and oxygen atoms in total. The van der Waals surface area contributed by atoms with Crippen LogP contribution in [0, 0.1) is 6.92 Å². The van der Waals surface area contributed by atoms with Crippen LogP contribution in [0.4, 0.5) is 19.1 Å². The van der Waals surface area contributed by atoms with Gasteiger partial charge in [0.1, 0.15) is 5.65 Å². The predicted octanol–water partition coefficient (Wildman–Crippen LogP) is 8.66. The van der Waals surface area contributed by atoms with Gasteiger partial charge in [-0.25, -0.2) is 15.0 Å². The molecule has 3 aromatic heterocycles. The molecule has 9 heteroatoms. The summed E-state index contributed by atoms with van der Waals surface area (Å²) in [5.41, 5.74) is 5.14. The molecule has 0 saturated carbocycles. The largest absolute Gasteiger partial charge is 0.416 e. The quantitative estimate of drug-likeness (QED) is 0.155. The van der Waals surface area contributed by atoms with Gasteiger partial charge in [-0.1, -0.05) is 85.5 Å². The Bertz CT molecular complexity index is 1740. The van der Waals surface area contributed by atoms with Crippen molar-refractivity contribution in [3.63, 3.8) is 0 Å². The number of aryl methyl sites for hydroxylation is 1. The molecule has 0 aliphatic heterocycles. The van der Waals surface area contributed by atoms with Crippen LogP contribution in [0.15, 0.2) is 128 Å². The summed E-state index contributed by atoms with van der Waals surface area (Å²) in [5, 5.41) is 6.66. The normalized spacial score (nSPS) is 12.8. The van der Waals surface area contributed by atoms with Crippen LogP contribution >= 0.6 is 0 Å². The Morgan fingerprint density at radius 1 is 0.911 bits per heavy atom. The number of alkyl halides is 3. The molecule has 0 radical (unpaired) electrons. The van der Waals surface area contributed by atoms with Crippen LogP contribution in [0.5, 0.6) is 0 Å². The van der Waals surface area contributed by atoms with Crippen molar-refractivity contribution in [3.8, 4) is 0 Å². The van der Waals surface area contributed by atoms with Crippen molar-refractivity contribution in [3.05, 3.63) is 156 Å². The van der Waals surface area contributed by atoms with Gasteiger partial charge in [0.2, 0.25) is 5.95 Å². The van der Waals surface area contributed by atoms with Crippen molar-refractivity contribution in [1.29, 1.82) is 0 Å². The Hall–Kier alpha value is -5.02. The number of hydrogen-bond acceptors (Lipinski definition) is 5. The molecule has 0 bridgehead atoms. The molecule has 2 aromatic carbocycles. The fraction of sp³-hybridized carbons (Fsp3) is 0.194. The summed E-state index contributed by atoms with van der Waals surface area (Å²) in [6.07, 6.45) is 4.48. The van der Waals surface area contributed by atoms with Gasteiger partial charge in [0.05, 0.1) is 17.3 Å². The Labute approximate surface area is 262 Å². The highest BCUT2D eigenvalue weighted by Crippen LogP contribution is 2.29. The molecular weight excluding hydrogens is 573 g/mol. The monoisotopic (exact) mass is 610 g/mol. The van der Waals surface area contributed by atoms with Gasteiger partial charge in [-0.3, -0.25) is 0 Å². The van der Waals surface area contributed by atoms with E-state index in [0.29, 0.717) is 29.4 Å². The highest BCUT2D eigenvalue weighted by molar-refractivity contribution is 5.75. The Balaban J connectivity index is 0.000000242. The third-order valence-corrected chi connectivity index (χ3v) is 6.92. The van der Waals surface area contributed by atoms with Crippen molar-refractivity contribution in [2.75, 3.05) is 5.32 Å². The summed E-state index contributed by atoms with van der Waals surface area (Å²) in [5.74, 6) is 0.677. The van der Waals surface area contributed by atoms with Crippen LogP contribution in [0.2, 0.25) is 0 Å². The molecule has 45 heavy (non-hydrogen) atoms. The van der Waals surface area contributed by atoms with E-state index in [-0.39, 0.29) is 6.04 Å². The van der Waals surface area contributed by atoms with Gasteiger partial charge in [-0.2, -0.15) is 13.2 Å². The van der Waals surface area contributed by atoms with Crippen molar-refractivity contribution < 1.29 is 13.2 Å². The molecule has 3 heterocycles. The van der Waals surface area contributed by atoms with Gasteiger partial charge in [-0.05, 0) is 55.7 Å². The molecule has 5 aromatic rings. The lowest BCUT2D eigenvalue weighted by atomic mass is 10.1.